The summed E-state index contributed by atoms with van der Waals surface area (Å²) in [5.41, 5.74) is 0.880. The third-order valence-corrected chi connectivity index (χ3v) is 3.70. The Hall–Kier alpha value is -1.86. The van der Waals surface area contributed by atoms with Crippen molar-refractivity contribution in [2.24, 2.45) is 12.2 Å². The van der Waals surface area contributed by atoms with Crippen LogP contribution in [0.2, 0.25) is 0 Å². The van der Waals surface area contributed by atoms with E-state index in [0.29, 0.717) is 5.75 Å². The number of hydrogen-bond donors (Lipinski definition) is 1. The van der Waals surface area contributed by atoms with Crippen molar-refractivity contribution in [2.45, 2.75) is 5.92 Å². The number of nitrogens with zero attached hydrogens (tertiary/aromatic N) is 2. The van der Waals surface area contributed by atoms with Gasteiger partial charge in [-0.05, 0) is 5.56 Å². The summed E-state index contributed by atoms with van der Waals surface area (Å²) in [6, 6.07) is 9.31. The standard InChI is InChI=1S/C13H17N3O3S/c1-16-8-13(7-15-16)19-9-12(10-20(14,17)18)11-5-3-2-4-6-11/h2-8,12H,9-10H2,1H3,(H2,14,17,18). The van der Waals surface area contributed by atoms with Gasteiger partial charge < -0.3 is 4.74 Å². The molecule has 1 unspecified atom stereocenters. The molecule has 2 N–H and O–H groups in total. The van der Waals surface area contributed by atoms with Gasteiger partial charge in [0.1, 0.15) is 0 Å². The summed E-state index contributed by atoms with van der Waals surface area (Å²) in [7, 11) is -1.79. The van der Waals surface area contributed by atoms with Crippen LogP contribution in [0.5, 0.6) is 5.75 Å². The number of ether oxygens (including phenoxy) is 1. The van der Waals surface area contributed by atoms with Gasteiger partial charge in [-0.15, -0.1) is 0 Å². The molecule has 0 fully saturated rings. The average Bonchev–Trinajstić information content (AvgIpc) is 2.80. The molecule has 0 aliphatic rings. The van der Waals surface area contributed by atoms with Gasteiger partial charge in [0.25, 0.3) is 0 Å². The maximum absolute atomic E-state index is 11.3. The largest absolute Gasteiger partial charge is 0.490 e. The Morgan fingerprint density at radius 1 is 1.35 bits per heavy atom. The molecule has 1 atom stereocenters. The number of primary sulfonamides is 1. The third kappa shape index (κ3) is 4.36. The maximum atomic E-state index is 11.3. The van der Waals surface area contributed by atoms with Crippen molar-refractivity contribution in [3.05, 3.63) is 48.3 Å². The van der Waals surface area contributed by atoms with E-state index >= 15 is 0 Å². The monoisotopic (exact) mass is 295 g/mol. The first-order valence-electron chi connectivity index (χ1n) is 6.11. The molecule has 6 nitrogen and oxygen atoms in total. The molecule has 0 bridgehead atoms. The number of sulfonamides is 1. The van der Waals surface area contributed by atoms with Gasteiger partial charge >= 0.3 is 0 Å². The fraction of sp³-hybridized carbons (Fsp3) is 0.308. The Kier molecular flexibility index (Phi) is 4.41. The molecular weight excluding hydrogens is 278 g/mol. The summed E-state index contributed by atoms with van der Waals surface area (Å²) in [6.07, 6.45) is 3.30. The van der Waals surface area contributed by atoms with Crippen LogP contribution in [0.25, 0.3) is 0 Å². The van der Waals surface area contributed by atoms with E-state index in [1.54, 1.807) is 24.1 Å². The Morgan fingerprint density at radius 3 is 2.60 bits per heavy atom. The van der Waals surface area contributed by atoms with Crippen LogP contribution in [-0.2, 0) is 17.1 Å². The lowest BCUT2D eigenvalue weighted by Gasteiger charge is -2.16. The van der Waals surface area contributed by atoms with Crippen molar-refractivity contribution in [3.8, 4) is 5.75 Å². The molecule has 7 heteroatoms. The Bertz CT molecular complexity index is 653. The van der Waals surface area contributed by atoms with Crippen molar-refractivity contribution in [3.63, 3.8) is 0 Å². The fourth-order valence-electron chi connectivity index (χ4n) is 1.92. The summed E-state index contributed by atoms with van der Waals surface area (Å²) >= 11 is 0. The molecule has 2 rings (SSSR count). The lowest BCUT2D eigenvalue weighted by atomic mass is 10.0. The molecule has 1 aromatic carbocycles. The molecule has 108 valence electrons. The van der Waals surface area contributed by atoms with E-state index in [4.69, 9.17) is 9.88 Å². The SMILES string of the molecule is Cn1cc(OCC(CS(N)(=O)=O)c2ccccc2)cn1. The molecule has 2 aromatic rings. The number of rotatable bonds is 6. The Labute approximate surface area is 118 Å². The van der Waals surface area contributed by atoms with E-state index < -0.39 is 10.0 Å². The molecule has 0 aliphatic carbocycles. The quantitative estimate of drug-likeness (QED) is 0.856. The zero-order valence-corrected chi connectivity index (χ0v) is 12.0. The Balaban J connectivity index is 2.10. The van der Waals surface area contributed by atoms with Crippen LogP contribution in [0.1, 0.15) is 11.5 Å². The second-order valence-corrected chi connectivity index (χ2v) is 6.26. The normalized spacial score (nSPS) is 13.1. The summed E-state index contributed by atoms with van der Waals surface area (Å²) in [6.45, 7) is 0.228. The number of benzene rings is 1. The van der Waals surface area contributed by atoms with Crippen molar-refractivity contribution in [1.29, 1.82) is 0 Å². The van der Waals surface area contributed by atoms with Gasteiger partial charge in [0, 0.05) is 13.0 Å². The minimum Gasteiger partial charge on any atom is -0.490 e. The van der Waals surface area contributed by atoms with Crippen LogP contribution in [0, 0.1) is 0 Å². The van der Waals surface area contributed by atoms with Gasteiger partial charge in [-0.2, -0.15) is 5.10 Å². The van der Waals surface area contributed by atoms with Crippen molar-refractivity contribution in [2.75, 3.05) is 12.4 Å². The molecule has 1 aromatic heterocycles. The summed E-state index contributed by atoms with van der Waals surface area (Å²) in [5.74, 6) is 0.131. The second kappa shape index (κ2) is 6.06. The zero-order chi connectivity index (χ0) is 14.6. The first kappa shape index (κ1) is 14.5. The molecule has 1 heterocycles. The van der Waals surface area contributed by atoms with Gasteiger partial charge in [-0.25, -0.2) is 13.6 Å². The lowest BCUT2D eigenvalue weighted by Crippen LogP contribution is -2.25. The van der Waals surface area contributed by atoms with Crippen LogP contribution in [0.3, 0.4) is 0 Å². The number of hydrogen-bond acceptors (Lipinski definition) is 4. The molecule has 0 amide bonds. The van der Waals surface area contributed by atoms with E-state index in [9.17, 15) is 8.42 Å². The minimum atomic E-state index is -3.57. The average molecular weight is 295 g/mol. The number of aryl methyl sites for hydroxylation is 1. The fourth-order valence-corrected chi connectivity index (χ4v) is 2.77. The van der Waals surface area contributed by atoms with Crippen LogP contribution in [0.15, 0.2) is 42.7 Å². The topological polar surface area (TPSA) is 87.2 Å². The van der Waals surface area contributed by atoms with E-state index in [1.807, 2.05) is 30.3 Å². The van der Waals surface area contributed by atoms with E-state index in [2.05, 4.69) is 5.10 Å². The molecule has 0 aliphatic heterocycles. The second-order valence-electron chi connectivity index (χ2n) is 4.60. The molecule has 0 radical (unpaired) electrons. The van der Waals surface area contributed by atoms with Crippen LogP contribution in [0.4, 0.5) is 0 Å². The first-order chi connectivity index (χ1) is 9.44. The van der Waals surface area contributed by atoms with E-state index in [-0.39, 0.29) is 18.3 Å². The summed E-state index contributed by atoms with van der Waals surface area (Å²) < 4.78 is 29.9. The van der Waals surface area contributed by atoms with Crippen molar-refractivity contribution in [1.82, 2.24) is 9.78 Å². The smallest absolute Gasteiger partial charge is 0.209 e. The third-order valence-electron chi connectivity index (χ3n) is 2.84. The van der Waals surface area contributed by atoms with E-state index in [0.717, 1.165) is 5.56 Å². The first-order valence-corrected chi connectivity index (χ1v) is 7.82. The predicted molar refractivity (Wildman–Crippen MR) is 75.9 cm³/mol. The summed E-state index contributed by atoms with van der Waals surface area (Å²) in [5, 5.41) is 9.14. The van der Waals surface area contributed by atoms with Crippen molar-refractivity contribution >= 4 is 10.0 Å². The lowest BCUT2D eigenvalue weighted by molar-refractivity contribution is 0.296. The highest BCUT2D eigenvalue weighted by Gasteiger charge is 2.19. The van der Waals surface area contributed by atoms with Gasteiger partial charge in [0.15, 0.2) is 5.75 Å². The van der Waals surface area contributed by atoms with Gasteiger partial charge in [-0.3, -0.25) is 4.68 Å². The minimum absolute atomic E-state index is 0.155. The maximum Gasteiger partial charge on any atom is 0.209 e. The highest BCUT2D eigenvalue weighted by Crippen LogP contribution is 2.19. The summed E-state index contributed by atoms with van der Waals surface area (Å²) in [4.78, 5) is 0. The molecule has 0 saturated carbocycles. The molecular formula is C13H17N3O3S. The van der Waals surface area contributed by atoms with Crippen LogP contribution in [-0.4, -0.2) is 30.6 Å². The predicted octanol–water partition coefficient (Wildman–Crippen LogP) is 0.871. The zero-order valence-electron chi connectivity index (χ0n) is 11.1. The molecule has 0 saturated heterocycles. The van der Waals surface area contributed by atoms with Gasteiger partial charge in [0.2, 0.25) is 10.0 Å². The van der Waals surface area contributed by atoms with E-state index in [1.165, 1.54) is 0 Å². The highest BCUT2D eigenvalue weighted by atomic mass is 32.2. The van der Waals surface area contributed by atoms with Crippen LogP contribution >= 0.6 is 0 Å². The van der Waals surface area contributed by atoms with Gasteiger partial charge in [-0.1, -0.05) is 30.3 Å². The Morgan fingerprint density at radius 2 is 2.05 bits per heavy atom. The number of nitrogens with two attached hydrogens (primary N) is 1. The molecule has 20 heavy (non-hydrogen) atoms. The highest BCUT2D eigenvalue weighted by molar-refractivity contribution is 7.89. The van der Waals surface area contributed by atoms with Gasteiger partial charge in [0.05, 0.1) is 24.8 Å². The number of aromatic nitrogens is 2. The molecule has 0 spiro atoms. The van der Waals surface area contributed by atoms with Crippen molar-refractivity contribution < 1.29 is 13.2 Å². The van der Waals surface area contributed by atoms with Crippen LogP contribution < -0.4 is 9.88 Å².